The van der Waals surface area contributed by atoms with E-state index in [9.17, 15) is 9.59 Å². The summed E-state index contributed by atoms with van der Waals surface area (Å²) in [7, 11) is 0. The molecular weight excluding hydrogens is 438 g/mol. The van der Waals surface area contributed by atoms with Crippen molar-refractivity contribution in [3.63, 3.8) is 0 Å². The largest absolute Gasteiger partial charge is 0.447 e. The maximum absolute atomic E-state index is 12.0. The Kier molecular flexibility index (Phi) is 16.1. The minimum atomic E-state index is -0.713. The van der Waals surface area contributed by atoms with E-state index in [2.05, 4.69) is 72.1 Å². The summed E-state index contributed by atoms with van der Waals surface area (Å²) < 4.78 is 4.39. The zero-order valence-electron chi connectivity index (χ0n) is 23.3. The van der Waals surface area contributed by atoms with E-state index in [0.717, 1.165) is 31.6 Å². The van der Waals surface area contributed by atoms with Gasteiger partial charge < -0.3 is 20.7 Å². The van der Waals surface area contributed by atoms with Gasteiger partial charge in [-0.25, -0.2) is 4.79 Å². The molecule has 3 N–H and O–H groups in total. The van der Waals surface area contributed by atoms with E-state index in [1.165, 1.54) is 22.3 Å². The molecule has 35 heavy (non-hydrogen) atoms. The second-order valence-corrected chi connectivity index (χ2v) is 8.08. The van der Waals surface area contributed by atoms with Crippen LogP contribution in [0, 0.1) is 0 Å². The van der Waals surface area contributed by atoms with Crippen molar-refractivity contribution in [1.82, 2.24) is 5.32 Å². The molecule has 2 aromatic carbocycles. The van der Waals surface area contributed by atoms with Gasteiger partial charge in [-0.2, -0.15) is 0 Å². The summed E-state index contributed by atoms with van der Waals surface area (Å²) in [6.07, 6.45) is 1.25. The molecular formula is C29H47N3O3. The molecule has 2 aromatic rings. The van der Waals surface area contributed by atoms with Gasteiger partial charge in [0, 0.05) is 25.2 Å². The molecule has 0 bridgehead atoms. The van der Waals surface area contributed by atoms with Crippen molar-refractivity contribution in [2.45, 2.75) is 93.8 Å². The summed E-state index contributed by atoms with van der Waals surface area (Å²) in [5.41, 5.74) is 10.7. The monoisotopic (exact) mass is 485 g/mol. The first-order chi connectivity index (χ1) is 16.7. The number of nitrogens with zero attached hydrogens (tertiary/aromatic N) is 1. The second-order valence-electron chi connectivity index (χ2n) is 8.08. The van der Waals surface area contributed by atoms with Crippen LogP contribution in [0.2, 0.25) is 0 Å². The van der Waals surface area contributed by atoms with E-state index < -0.39 is 6.09 Å². The Morgan fingerprint density at radius 3 is 2.09 bits per heavy atom. The van der Waals surface area contributed by atoms with Crippen LogP contribution in [0.1, 0.15) is 79.9 Å². The van der Waals surface area contributed by atoms with E-state index in [1.54, 1.807) is 20.8 Å². The number of ether oxygens (including phenoxy) is 1. The number of hydrogen-bond donors (Lipinski definition) is 2. The van der Waals surface area contributed by atoms with Crippen LogP contribution in [0.4, 0.5) is 10.5 Å². The molecule has 196 valence electrons. The fourth-order valence-electron chi connectivity index (χ4n) is 3.73. The van der Waals surface area contributed by atoms with Crippen LogP contribution in [0.5, 0.6) is 0 Å². The highest BCUT2D eigenvalue weighted by Gasteiger charge is 2.26. The van der Waals surface area contributed by atoms with E-state index >= 15 is 0 Å². The smallest absolute Gasteiger partial charge is 0.404 e. The van der Waals surface area contributed by atoms with Gasteiger partial charge in [-0.3, -0.25) is 4.79 Å². The quantitative estimate of drug-likeness (QED) is 0.494. The predicted octanol–water partition coefficient (Wildman–Crippen LogP) is 6.69. The Morgan fingerprint density at radius 1 is 1.06 bits per heavy atom. The summed E-state index contributed by atoms with van der Waals surface area (Å²) >= 11 is 0. The van der Waals surface area contributed by atoms with Crippen molar-refractivity contribution in [3.05, 3.63) is 53.6 Å². The second kappa shape index (κ2) is 17.6. The zero-order valence-corrected chi connectivity index (χ0v) is 23.3. The molecule has 1 aliphatic heterocycles. The number of primary amides is 1. The standard InChI is InChI=1S/C21H26N2O.C4H9NO2.2C2H6/c1-4-22-14-17-6-9-18(10-7-17)19-11-12-21-20(13-19)8-5-15(2)23(21)16(3)24;1-3(2)7-4(5)6;2*1-2/h6-7,9-13,15,22H,4-5,8,14H2,1-3H3;3H,1-2H3,(H2,5,6);2*1-2H3/t15-;;;/m0.../s1. The summed E-state index contributed by atoms with van der Waals surface area (Å²) in [4.78, 5) is 23.7. The van der Waals surface area contributed by atoms with Crippen LogP contribution >= 0.6 is 0 Å². The lowest BCUT2D eigenvalue weighted by Crippen LogP contribution is -2.40. The minimum Gasteiger partial charge on any atom is -0.447 e. The number of aryl methyl sites for hydroxylation is 1. The number of amides is 2. The number of nitrogens with one attached hydrogen (secondary N) is 1. The highest BCUT2D eigenvalue weighted by Crippen LogP contribution is 2.34. The maximum Gasteiger partial charge on any atom is 0.404 e. The lowest BCUT2D eigenvalue weighted by Gasteiger charge is -2.34. The van der Waals surface area contributed by atoms with Gasteiger partial charge in [0.1, 0.15) is 0 Å². The summed E-state index contributed by atoms with van der Waals surface area (Å²) in [5, 5.41) is 3.35. The van der Waals surface area contributed by atoms with Crippen LogP contribution in [0.25, 0.3) is 11.1 Å². The van der Waals surface area contributed by atoms with E-state index in [1.807, 2.05) is 32.6 Å². The first-order valence-corrected chi connectivity index (χ1v) is 12.9. The molecule has 0 aromatic heterocycles. The van der Waals surface area contributed by atoms with Gasteiger partial charge in [-0.15, -0.1) is 0 Å². The molecule has 0 unspecified atom stereocenters. The zero-order chi connectivity index (χ0) is 27.0. The van der Waals surface area contributed by atoms with Crippen LogP contribution in [0.3, 0.4) is 0 Å². The highest BCUT2D eigenvalue weighted by molar-refractivity contribution is 5.94. The molecule has 1 aliphatic rings. The van der Waals surface area contributed by atoms with Crippen molar-refractivity contribution in [1.29, 1.82) is 0 Å². The molecule has 3 rings (SSSR count). The van der Waals surface area contributed by atoms with E-state index in [-0.39, 0.29) is 18.1 Å². The van der Waals surface area contributed by atoms with Gasteiger partial charge >= 0.3 is 6.09 Å². The molecule has 0 radical (unpaired) electrons. The van der Waals surface area contributed by atoms with Crippen molar-refractivity contribution in [2.75, 3.05) is 11.4 Å². The lowest BCUT2D eigenvalue weighted by molar-refractivity contribution is -0.117. The van der Waals surface area contributed by atoms with Gasteiger partial charge in [0.05, 0.1) is 6.10 Å². The van der Waals surface area contributed by atoms with Crippen molar-refractivity contribution in [3.8, 4) is 11.1 Å². The number of hydrogen-bond acceptors (Lipinski definition) is 4. The molecule has 0 spiro atoms. The molecule has 0 fully saturated rings. The van der Waals surface area contributed by atoms with Crippen LogP contribution in [-0.4, -0.2) is 30.7 Å². The third kappa shape index (κ3) is 11.0. The van der Waals surface area contributed by atoms with Crippen LogP contribution in [0.15, 0.2) is 42.5 Å². The van der Waals surface area contributed by atoms with E-state index in [4.69, 9.17) is 0 Å². The van der Waals surface area contributed by atoms with Crippen LogP contribution < -0.4 is 16.0 Å². The Morgan fingerprint density at radius 2 is 1.63 bits per heavy atom. The SMILES string of the molecule is CC.CC.CC(C)OC(N)=O.CCNCc1ccc(-c2ccc3c(c2)CC[C@H](C)N3C(C)=O)cc1. The summed E-state index contributed by atoms with van der Waals surface area (Å²) in [6, 6.07) is 15.5. The number of anilines is 1. The molecule has 6 heteroatoms. The maximum atomic E-state index is 12.0. The molecule has 1 heterocycles. The lowest BCUT2D eigenvalue weighted by atomic mass is 9.93. The van der Waals surface area contributed by atoms with Gasteiger partial charge in [0.15, 0.2) is 0 Å². The first-order valence-electron chi connectivity index (χ1n) is 12.9. The number of carbonyl (C=O) groups excluding carboxylic acids is 2. The normalized spacial score (nSPS) is 13.7. The van der Waals surface area contributed by atoms with Gasteiger partial charge in [-0.1, -0.05) is 65.0 Å². The Labute approximate surface area is 213 Å². The van der Waals surface area contributed by atoms with Gasteiger partial charge in [-0.05, 0) is 74.5 Å². The van der Waals surface area contributed by atoms with Crippen LogP contribution in [-0.2, 0) is 22.5 Å². The first kappa shape index (κ1) is 32.1. The molecule has 0 aliphatic carbocycles. The van der Waals surface area contributed by atoms with Crippen molar-refractivity contribution >= 4 is 17.7 Å². The fourth-order valence-corrected chi connectivity index (χ4v) is 3.73. The molecule has 6 nitrogen and oxygen atoms in total. The number of fused-ring (bicyclic) bond motifs is 1. The van der Waals surface area contributed by atoms with Crippen molar-refractivity contribution < 1.29 is 14.3 Å². The average molecular weight is 486 g/mol. The molecule has 1 atom stereocenters. The Hall–Kier alpha value is -2.86. The fraction of sp³-hybridized carbons (Fsp3) is 0.517. The third-order valence-corrected chi connectivity index (χ3v) is 5.17. The molecule has 0 saturated heterocycles. The summed E-state index contributed by atoms with van der Waals surface area (Å²) in [5.74, 6) is 0.129. The topological polar surface area (TPSA) is 84.7 Å². The number of carbonyl (C=O) groups is 2. The number of rotatable bonds is 5. The highest BCUT2D eigenvalue weighted by atomic mass is 16.6. The Balaban J connectivity index is 0.000000897. The number of nitrogens with two attached hydrogens (primary N) is 1. The van der Waals surface area contributed by atoms with Crippen molar-refractivity contribution in [2.24, 2.45) is 5.73 Å². The third-order valence-electron chi connectivity index (χ3n) is 5.17. The summed E-state index contributed by atoms with van der Waals surface area (Å²) in [6.45, 7) is 19.3. The predicted molar refractivity (Wildman–Crippen MR) is 149 cm³/mol. The average Bonchev–Trinajstić information content (AvgIpc) is 2.84. The molecule has 0 saturated carbocycles. The molecule has 2 amide bonds. The van der Waals surface area contributed by atoms with Gasteiger partial charge in [0.2, 0.25) is 5.91 Å². The van der Waals surface area contributed by atoms with Gasteiger partial charge in [0.25, 0.3) is 0 Å². The number of benzene rings is 2. The Bertz CT molecular complexity index is 879. The van der Waals surface area contributed by atoms with E-state index in [0.29, 0.717) is 0 Å². The minimum absolute atomic E-state index is 0.0995.